The Bertz CT molecular complexity index is 456. The highest BCUT2D eigenvalue weighted by atomic mass is 79.9. The molecule has 0 aliphatic carbocycles. The number of benzene rings is 1. The zero-order chi connectivity index (χ0) is 10.7. The minimum atomic E-state index is 0.0115. The Morgan fingerprint density at radius 2 is 2.13 bits per heavy atom. The minimum Gasteiger partial charge on any atom is -0.396 e. The van der Waals surface area contributed by atoms with Crippen LogP contribution < -0.4 is 0 Å². The van der Waals surface area contributed by atoms with Gasteiger partial charge in [-0.1, -0.05) is 33.2 Å². The molecule has 2 aromatic rings. The van der Waals surface area contributed by atoms with E-state index >= 15 is 0 Å². The van der Waals surface area contributed by atoms with Crippen LogP contribution >= 0.6 is 15.9 Å². The number of aromatic nitrogens is 2. The van der Waals surface area contributed by atoms with Gasteiger partial charge in [0.1, 0.15) is 0 Å². The van der Waals surface area contributed by atoms with Crippen molar-refractivity contribution >= 4 is 15.9 Å². The van der Waals surface area contributed by atoms with Crippen LogP contribution in [-0.4, -0.2) is 21.9 Å². The summed E-state index contributed by atoms with van der Waals surface area (Å²) in [6.07, 6.45) is 0.386. The number of nitrogens with zero attached hydrogens (tertiary/aromatic N) is 2. The minimum absolute atomic E-state index is 0.0115. The predicted octanol–water partition coefficient (Wildman–Crippen LogP) is 2.03. The maximum absolute atomic E-state index is 8.72. The van der Waals surface area contributed by atoms with E-state index in [0.717, 1.165) is 10.0 Å². The third-order valence-electron chi connectivity index (χ3n) is 1.91. The van der Waals surface area contributed by atoms with E-state index in [1.165, 1.54) is 0 Å². The highest BCUT2D eigenvalue weighted by Crippen LogP contribution is 2.25. The molecule has 0 amide bonds. The van der Waals surface area contributed by atoms with E-state index in [4.69, 9.17) is 9.63 Å². The van der Waals surface area contributed by atoms with Gasteiger partial charge in [0.25, 0.3) is 0 Å². The normalized spacial score (nSPS) is 10.5. The molecule has 0 fully saturated rings. The van der Waals surface area contributed by atoms with Gasteiger partial charge in [0, 0.05) is 10.0 Å². The fourth-order valence-electron chi connectivity index (χ4n) is 1.20. The van der Waals surface area contributed by atoms with Crippen LogP contribution in [0.2, 0.25) is 0 Å². The van der Waals surface area contributed by atoms with Gasteiger partial charge >= 0.3 is 0 Å². The lowest BCUT2D eigenvalue weighted by Crippen LogP contribution is -1.90. The number of hydrogen-bond acceptors (Lipinski definition) is 4. The maximum Gasteiger partial charge on any atom is 0.229 e. The molecule has 0 saturated carbocycles. The Labute approximate surface area is 95.1 Å². The van der Waals surface area contributed by atoms with E-state index in [0.29, 0.717) is 18.1 Å². The zero-order valence-electron chi connectivity index (χ0n) is 7.85. The second kappa shape index (κ2) is 4.55. The van der Waals surface area contributed by atoms with Crippen molar-refractivity contribution < 1.29 is 9.63 Å². The molecule has 0 aliphatic heterocycles. The van der Waals surface area contributed by atoms with E-state index in [2.05, 4.69) is 26.1 Å². The summed E-state index contributed by atoms with van der Waals surface area (Å²) in [5, 5.41) is 12.6. The Hall–Kier alpha value is -1.20. The molecule has 4 nitrogen and oxygen atoms in total. The molecule has 0 spiro atoms. The van der Waals surface area contributed by atoms with Crippen LogP contribution in [0.15, 0.2) is 33.3 Å². The van der Waals surface area contributed by atoms with Gasteiger partial charge in [0.2, 0.25) is 11.7 Å². The molecule has 1 aromatic heterocycles. The monoisotopic (exact) mass is 268 g/mol. The van der Waals surface area contributed by atoms with Crippen LogP contribution in [0.25, 0.3) is 11.4 Å². The van der Waals surface area contributed by atoms with Gasteiger partial charge in [-0.05, 0) is 12.1 Å². The number of hydrogen-bond donors (Lipinski definition) is 1. The molecular weight excluding hydrogens is 260 g/mol. The van der Waals surface area contributed by atoms with Crippen molar-refractivity contribution in [1.82, 2.24) is 10.1 Å². The summed E-state index contributed by atoms with van der Waals surface area (Å²) in [5.74, 6) is 0.981. The summed E-state index contributed by atoms with van der Waals surface area (Å²) in [7, 11) is 0. The summed E-state index contributed by atoms with van der Waals surface area (Å²) in [5.41, 5.74) is 0.880. The lowest BCUT2D eigenvalue weighted by molar-refractivity contribution is 0.274. The predicted molar refractivity (Wildman–Crippen MR) is 58.2 cm³/mol. The number of rotatable bonds is 3. The molecule has 78 valence electrons. The summed E-state index contributed by atoms with van der Waals surface area (Å²) in [6, 6.07) is 7.64. The van der Waals surface area contributed by atoms with Gasteiger partial charge in [0.15, 0.2) is 0 Å². The van der Waals surface area contributed by atoms with Crippen molar-refractivity contribution in [2.75, 3.05) is 6.61 Å². The first-order valence-corrected chi connectivity index (χ1v) is 5.29. The summed E-state index contributed by atoms with van der Waals surface area (Å²) in [6.45, 7) is 0.0115. The Morgan fingerprint density at radius 3 is 2.87 bits per heavy atom. The Balaban J connectivity index is 2.33. The van der Waals surface area contributed by atoms with Crippen LogP contribution in [-0.2, 0) is 6.42 Å². The molecule has 0 unspecified atom stereocenters. The average molecular weight is 269 g/mol. The molecule has 0 aliphatic rings. The second-order valence-corrected chi connectivity index (χ2v) is 3.82. The van der Waals surface area contributed by atoms with Crippen molar-refractivity contribution in [2.45, 2.75) is 6.42 Å². The zero-order valence-corrected chi connectivity index (χ0v) is 9.44. The van der Waals surface area contributed by atoms with E-state index < -0.39 is 0 Å². The molecule has 0 saturated heterocycles. The van der Waals surface area contributed by atoms with Crippen LogP contribution in [0.4, 0.5) is 0 Å². The molecule has 1 N–H and O–H groups in total. The van der Waals surface area contributed by atoms with E-state index in [-0.39, 0.29) is 6.61 Å². The van der Waals surface area contributed by atoms with E-state index in [1.54, 1.807) is 0 Å². The lowest BCUT2D eigenvalue weighted by atomic mass is 10.2. The molecule has 2 rings (SSSR count). The quantitative estimate of drug-likeness (QED) is 0.926. The van der Waals surface area contributed by atoms with E-state index in [1.807, 2.05) is 24.3 Å². The van der Waals surface area contributed by atoms with Crippen LogP contribution in [0.5, 0.6) is 0 Å². The van der Waals surface area contributed by atoms with Gasteiger partial charge < -0.3 is 9.63 Å². The highest BCUT2D eigenvalue weighted by molar-refractivity contribution is 9.10. The molecule has 0 radical (unpaired) electrons. The standard InChI is InChI=1S/C10H9BrN2O2/c11-8-4-2-1-3-7(8)10-12-9(5-6-14)15-13-10/h1-4,14H,5-6H2. The molecule has 5 heteroatoms. The average Bonchev–Trinajstić information content (AvgIpc) is 2.68. The van der Waals surface area contributed by atoms with Crippen molar-refractivity contribution in [3.05, 3.63) is 34.6 Å². The first kappa shape index (κ1) is 10.3. The molecular formula is C10H9BrN2O2. The van der Waals surface area contributed by atoms with Crippen molar-refractivity contribution in [3.63, 3.8) is 0 Å². The largest absolute Gasteiger partial charge is 0.396 e. The molecule has 0 atom stereocenters. The number of aliphatic hydroxyl groups excluding tert-OH is 1. The van der Waals surface area contributed by atoms with Gasteiger partial charge in [-0.3, -0.25) is 0 Å². The van der Waals surface area contributed by atoms with Gasteiger partial charge in [-0.15, -0.1) is 0 Å². The van der Waals surface area contributed by atoms with Gasteiger partial charge in [-0.25, -0.2) is 0 Å². The third kappa shape index (κ3) is 2.24. The summed E-state index contributed by atoms with van der Waals surface area (Å²) >= 11 is 3.41. The summed E-state index contributed by atoms with van der Waals surface area (Å²) in [4.78, 5) is 4.16. The molecule has 1 aromatic carbocycles. The van der Waals surface area contributed by atoms with Crippen molar-refractivity contribution in [2.24, 2.45) is 0 Å². The Kier molecular flexibility index (Phi) is 3.13. The topological polar surface area (TPSA) is 59.2 Å². The fraction of sp³-hybridized carbons (Fsp3) is 0.200. The van der Waals surface area contributed by atoms with Crippen molar-refractivity contribution in [1.29, 1.82) is 0 Å². The first-order chi connectivity index (χ1) is 7.31. The molecule has 15 heavy (non-hydrogen) atoms. The SMILES string of the molecule is OCCc1nc(-c2ccccc2Br)no1. The van der Waals surface area contributed by atoms with E-state index in [9.17, 15) is 0 Å². The molecule has 1 heterocycles. The second-order valence-electron chi connectivity index (χ2n) is 2.97. The highest BCUT2D eigenvalue weighted by Gasteiger charge is 2.10. The van der Waals surface area contributed by atoms with Crippen LogP contribution in [0.3, 0.4) is 0 Å². The lowest BCUT2D eigenvalue weighted by Gasteiger charge is -1.96. The third-order valence-corrected chi connectivity index (χ3v) is 2.60. The summed E-state index contributed by atoms with van der Waals surface area (Å²) < 4.78 is 5.89. The number of aliphatic hydroxyl groups is 1. The number of halogens is 1. The maximum atomic E-state index is 8.72. The Morgan fingerprint density at radius 1 is 1.33 bits per heavy atom. The van der Waals surface area contributed by atoms with Crippen LogP contribution in [0.1, 0.15) is 5.89 Å². The van der Waals surface area contributed by atoms with Gasteiger partial charge in [0.05, 0.1) is 13.0 Å². The smallest absolute Gasteiger partial charge is 0.229 e. The molecule has 0 bridgehead atoms. The van der Waals surface area contributed by atoms with Crippen molar-refractivity contribution in [3.8, 4) is 11.4 Å². The first-order valence-electron chi connectivity index (χ1n) is 4.49. The van der Waals surface area contributed by atoms with Gasteiger partial charge in [-0.2, -0.15) is 4.98 Å². The fourth-order valence-corrected chi connectivity index (χ4v) is 1.67. The van der Waals surface area contributed by atoms with Crippen LogP contribution in [0, 0.1) is 0 Å².